The van der Waals surface area contributed by atoms with E-state index in [0.29, 0.717) is 0 Å². The maximum absolute atomic E-state index is 13.5. The lowest BCUT2D eigenvalue weighted by atomic mass is 10.2. The third kappa shape index (κ3) is 2.71. The molecule has 2 rings (SSSR count). The molecule has 88 valence electrons. The first-order valence-corrected chi connectivity index (χ1v) is 5.82. The van der Waals surface area contributed by atoms with Crippen LogP contribution in [0.15, 0.2) is 36.4 Å². The van der Waals surface area contributed by atoms with E-state index in [2.05, 4.69) is 5.32 Å². The Kier molecular flexibility index (Phi) is 3.56. The summed E-state index contributed by atoms with van der Waals surface area (Å²) >= 11 is 1.96. The van der Waals surface area contributed by atoms with E-state index in [1.54, 1.807) is 6.07 Å². The number of hydrogen-bond acceptors (Lipinski definition) is 1. The molecule has 0 saturated carbocycles. The van der Waals surface area contributed by atoms with E-state index in [4.69, 9.17) is 0 Å². The van der Waals surface area contributed by atoms with Crippen molar-refractivity contribution in [2.24, 2.45) is 0 Å². The molecule has 17 heavy (non-hydrogen) atoms. The van der Waals surface area contributed by atoms with E-state index in [-0.39, 0.29) is 11.4 Å². The second kappa shape index (κ2) is 4.95. The number of nitrogens with one attached hydrogen (secondary N) is 1. The molecule has 0 heterocycles. The Morgan fingerprint density at radius 1 is 0.882 bits per heavy atom. The average Bonchev–Trinajstić information content (AvgIpc) is 2.28. The molecule has 0 amide bonds. The highest BCUT2D eigenvalue weighted by Crippen LogP contribution is 2.24. The predicted molar refractivity (Wildman–Crippen MR) is 68.8 cm³/mol. The fourth-order valence-corrected chi connectivity index (χ4v) is 1.79. The largest absolute Gasteiger partial charge is 0.351 e. The summed E-state index contributed by atoms with van der Waals surface area (Å²) in [6, 6.07) is 8.15. The standard InChI is InChI=1S/C12H7F3IN/c13-8-2-1-3-11(12(8)15)17-10-5-4-7(16)6-9(10)14/h1-6,17H. The Bertz CT molecular complexity index is 557. The second-order valence-electron chi connectivity index (χ2n) is 3.35. The summed E-state index contributed by atoms with van der Waals surface area (Å²) in [7, 11) is 0. The van der Waals surface area contributed by atoms with E-state index in [0.717, 1.165) is 9.64 Å². The summed E-state index contributed by atoms with van der Waals surface area (Å²) in [6.07, 6.45) is 0. The Morgan fingerprint density at radius 2 is 1.65 bits per heavy atom. The first kappa shape index (κ1) is 12.2. The van der Waals surface area contributed by atoms with Crippen molar-refractivity contribution in [1.29, 1.82) is 0 Å². The van der Waals surface area contributed by atoms with E-state index >= 15 is 0 Å². The second-order valence-corrected chi connectivity index (χ2v) is 4.60. The topological polar surface area (TPSA) is 12.0 Å². The Morgan fingerprint density at radius 3 is 2.35 bits per heavy atom. The molecular formula is C12H7F3IN. The fourth-order valence-electron chi connectivity index (χ4n) is 1.34. The lowest BCUT2D eigenvalue weighted by molar-refractivity contribution is 0.511. The monoisotopic (exact) mass is 349 g/mol. The third-order valence-electron chi connectivity index (χ3n) is 2.15. The van der Waals surface area contributed by atoms with Gasteiger partial charge in [0.05, 0.1) is 11.4 Å². The summed E-state index contributed by atoms with van der Waals surface area (Å²) < 4.78 is 40.5. The normalized spacial score (nSPS) is 10.4. The van der Waals surface area contributed by atoms with Crippen LogP contribution in [0.25, 0.3) is 0 Å². The summed E-state index contributed by atoms with van der Waals surface area (Å²) in [6.45, 7) is 0. The third-order valence-corrected chi connectivity index (χ3v) is 2.82. The van der Waals surface area contributed by atoms with Crippen LogP contribution in [0.4, 0.5) is 24.5 Å². The van der Waals surface area contributed by atoms with E-state index in [1.165, 1.54) is 24.3 Å². The SMILES string of the molecule is Fc1cc(I)ccc1Nc1cccc(F)c1F. The van der Waals surface area contributed by atoms with Gasteiger partial charge in [-0.05, 0) is 52.9 Å². The van der Waals surface area contributed by atoms with Crippen LogP contribution in [0.2, 0.25) is 0 Å². The Balaban J connectivity index is 2.35. The molecule has 0 aliphatic rings. The minimum Gasteiger partial charge on any atom is -0.351 e. The highest BCUT2D eigenvalue weighted by atomic mass is 127. The molecule has 5 heteroatoms. The van der Waals surface area contributed by atoms with Gasteiger partial charge in [0.2, 0.25) is 0 Å². The maximum Gasteiger partial charge on any atom is 0.182 e. The van der Waals surface area contributed by atoms with Gasteiger partial charge >= 0.3 is 0 Å². The number of anilines is 2. The van der Waals surface area contributed by atoms with E-state index < -0.39 is 17.5 Å². The van der Waals surface area contributed by atoms with Crippen LogP contribution in [0.1, 0.15) is 0 Å². The predicted octanol–water partition coefficient (Wildman–Crippen LogP) is 4.45. The molecule has 0 unspecified atom stereocenters. The van der Waals surface area contributed by atoms with Gasteiger partial charge in [-0.15, -0.1) is 0 Å². The highest BCUT2D eigenvalue weighted by molar-refractivity contribution is 14.1. The molecular weight excluding hydrogens is 342 g/mol. The molecule has 0 spiro atoms. The lowest BCUT2D eigenvalue weighted by Crippen LogP contribution is -1.98. The first-order valence-electron chi connectivity index (χ1n) is 4.74. The number of rotatable bonds is 2. The van der Waals surface area contributed by atoms with Crippen LogP contribution in [0.3, 0.4) is 0 Å². The maximum atomic E-state index is 13.5. The summed E-state index contributed by atoms with van der Waals surface area (Å²) in [5.74, 6) is -2.51. The minimum absolute atomic E-state index is 0.0925. The molecule has 2 aromatic rings. The Labute approximate surface area is 110 Å². The van der Waals surface area contributed by atoms with Crippen LogP contribution >= 0.6 is 22.6 Å². The summed E-state index contributed by atoms with van der Waals surface area (Å²) in [5.41, 5.74) is 0.0139. The molecule has 0 saturated heterocycles. The van der Waals surface area contributed by atoms with Crippen molar-refractivity contribution in [3.8, 4) is 0 Å². The lowest BCUT2D eigenvalue weighted by Gasteiger charge is -2.09. The van der Waals surface area contributed by atoms with Crippen molar-refractivity contribution in [3.05, 3.63) is 57.4 Å². The zero-order valence-corrected chi connectivity index (χ0v) is 10.6. The van der Waals surface area contributed by atoms with Crippen molar-refractivity contribution in [1.82, 2.24) is 0 Å². The quantitative estimate of drug-likeness (QED) is 0.790. The molecule has 0 radical (unpaired) electrons. The van der Waals surface area contributed by atoms with Crippen LogP contribution in [-0.4, -0.2) is 0 Å². The zero-order valence-electron chi connectivity index (χ0n) is 8.48. The molecule has 0 aromatic heterocycles. The highest BCUT2D eigenvalue weighted by Gasteiger charge is 2.09. The van der Waals surface area contributed by atoms with Gasteiger partial charge in [0.1, 0.15) is 5.82 Å². The van der Waals surface area contributed by atoms with Crippen LogP contribution < -0.4 is 5.32 Å². The van der Waals surface area contributed by atoms with Gasteiger partial charge in [0, 0.05) is 3.57 Å². The molecule has 2 aromatic carbocycles. The van der Waals surface area contributed by atoms with Gasteiger partial charge in [0.25, 0.3) is 0 Å². The van der Waals surface area contributed by atoms with Gasteiger partial charge in [-0.3, -0.25) is 0 Å². The molecule has 1 N–H and O–H groups in total. The van der Waals surface area contributed by atoms with Gasteiger partial charge in [-0.2, -0.15) is 0 Å². The van der Waals surface area contributed by atoms with Gasteiger partial charge < -0.3 is 5.32 Å². The molecule has 1 nitrogen and oxygen atoms in total. The van der Waals surface area contributed by atoms with Crippen molar-refractivity contribution in [2.75, 3.05) is 5.32 Å². The summed E-state index contributed by atoms with van der Waals surface area (Å²) in [5, 5.41) is 2.52. The first-order chi connectivity index (χ1) is 8.08. The van der Waals surface area contributed by atoms with Gasteiger partial charge in [-0.1, -0.05) is 6.07 Å². The summed E-state index contributed by atoms with van der Waals surface area (Å²) in [4.78, 5) is 0. The van der Waals surface area contributed by atoms with E-state index in [9.17, 15) is 13.2 Å². The number of benzene rings is 2. The van der Waals surface area contributed by atoms with Crippen LogP contribution in [-0.2, 0) is 0 Å². The van der Waals surface area contributed by atoms with Crippen LogP contribution in [0.5, 0.6) is 0 Å². The smallest absolute Gasteiger partial charge is 0.182 e. The molecule has 0 aliphatic carbocycles. The average molecular weight is 349 g/mol. The zero-order chi connectivity index (χ0) is 12.4. The minimum atomic E-state index is -1.02. The van der Waals surface area contributed by atoms with Gasteiger partial charge in [-0.25, -0.2) is 13.2 Å². The van der Waals surface area contributed by atoms with Gasteiger partial charge in [0.15, 0.2) is 11.6 Å². The molecule has 0 fully saturated rings. The Hall–Kier alpha value is -1.24. The molecule has 0 bridgehead atoms. The van der Waals surface area contributed by atoms with Crippen molar-refractivity contribution < 1.29 is 13.2 Å². The van der Waals surface area contributed by atoms with Crippen LogP contribution in [0, 0.1) is 21.0 Å². The molecule has 0 aliphatic heterocycles. The van der Waals surface area contributed by atoms with E-state index in [1.807, 2.05) is 22.6 Å². The van der Waals surface area contributed by atoms with Crippen molar-refractivity contribution in [3.63, 3.8) is 0 Å². The van der Waals surface area contributed by atoms with Crippen molar-refractivity contribution >= 4 is 34.0 Å². The number of halogens is 4. The number of hydrogen-bond donors (Lipinski definition) is 1. The van der Waals surface area contributed by atoms with Crippen molar-refractivity contribution in [2.45, 2.75) is 0 Å². The fraction of sp³-hybridized carbons (Fsp3) is 0. The molecule has 0 atom stereocenters.